The Balaban J connectivity index is 1.12. The summed E-state index contributed by atoms with van der Waals surface area (Å²) in [5, 5.41) is 0. The van der Waals surface area contributed by atoms with E-state index in [-0.39, 0.29) is 0 Å². The van der Waals surface area contributed by atoms with E-state index in [1.54, 1.807) is 0 Å². The fraction of sp³-hybridized carbons (Fsp3) is 0.100. The maximum absolute atomic E-state index is 5.74. The van der Waals surface area contributed by atoms with Crippen LogP contribution in [0.1, 0.15) is 55.6 Å². The molecule has 0 aliphatic heterocycles. The van der Waals surface area contributed by atoms with Gasteiger partial charge in [-0.3, -0.25) is 0 Å². The molecule has 194 valence electrons. The number of hydrogen-bond donors (Lipinski definition) is 1. The molecule has 7 rings (SSSR count). The molecule has 0 unspecified atom stereocenters. The topological polar surface area (TPSA) is 26.0 Å². The first-order chi connectivity index (χ1) is 20.2. The molecule has 5 aromatic carbocycles. The van der Waals surface area contributed by atoms with E-state index in [1.807, 2.05) is 60.7 Å². The molecule has 0 radical (unpaired) electrons. The second-order valence-corrected chi connectivity index (χ2v) is 10.3. The van der Waals surface area contributed by atoms with Crippen molar-refractivity contribution in [1.29, 1.82) is 0 Å². The lowest BCUT2D eigenvalue weighted by Crippen LogP contribution is -2.04. The van der Waals surface area contributed by atoms with Gasteiger partial charge in [0, 0.05) is 39.1 Å². The molecule has 1 nitrogen and oxygen atoms in total. The molecule has 2 bridgehead atoms. The zero-order valence-electron chi connectivity index (χ0n) is 22.9. The van der Waals surface area contributed by atoms with Crippen LogP contribution >= 0.6 is 0 Å². The monoisotopic (exact) mass is 523 g/mol. The lowest BCUT2D eigenvalue weighted by Gasteiger charge is -2.14. The molecule has 0 spiro atoms. The minimum Gasteiger partial charge on any atom is -0.399 e. The largest absolute Gasteiger partial charge is 0.399 e. The van der Waals surface area contributed by atoms with E-state index in [4.69, 9.17) is 5.73 Å². The zero-order valence-corrected chi connectivity index (χ0v) is 22.9. The van der Waals surface area contributed by atoms with E-state index >= 15 is 0 Å². The molecule has 41 heavy (non-hydrogen) atoms. The van der Waals surface area contributed by atoms with Crippen LogP contribution in [0.15, 0.2) is 115 Å². The predicted octanol–water partition coefficient (Wildman–Crippen LogP) is 7.35. The average Bonchev–Trinajstić information content (AvgIpc) is 3.02. The number of fused-ring (bicyclic) bond motifs is 4. The van der Waals surface area contributed by atoms with Gasteiger partial charge in [0.05, 0.1) is 0 Å². The summed E-state index contributed by atoms with van der Waals surface area (Å²) in [6, 6.07) is 39.4. The molecule has 0 fully saturated rings. The van der Waals surface area contributed by atoms with Gasteiger partial charge in [0.15, 0.2) is 0 Å². The van der Waals surface area contributed by atoms with E-state index in [2.05, 4.69) is 90.1 Å². The first-order valence-electron chi connectivity index (χ1n) is 14.0. The van der Waals surface area contributed by atoms with Crippen molar-refractivity contribution in [2.24, 2.45) is 0 Å². The minimum absolute atomic E-state index is 0.740. The Labute approximate surface area is 243 Å². The number of nitrogen functional groups attached to an aromatic ring is 1. The third-order valence-electron chi connectivity index (χ3n) is 7.36. The van der Waals surface area contributed by atoms with E-state index in [9.17, 15) is 0 Å². The van der Waals surface area contributed by atoms with Crippen molar-refractivity contribution in [3.63, 3.8) is 0 Å². The lowest BCUT2D eigenvalue weighted by molar-refractivity contribution is 0.876. The molecule has 2 aliphatic rings. The van der Waals surface area contributed by atoms with Crippen LogP contribution in [-0.2, 0) is 25.7 Å². The van der Waals surface area contributed by atoms with Crippen LogP contribution in [0.4, 0.5) is 5.69 Å². The summed E-state index contributed by atoms with van der Waals surface area (Å²) in [5.41, 5.74) is 18.0. The summed E-state index contributed by atoms with van der Waals surface area (Å²) in [7, 11) is 0. The van der Waals surface area contributed by atoms with Crippen molar-refractivity contribution >= 4 is 5.69 Å². The molecular formula is C40H29N. The molecule has 0 atom stereocenters. The molecule has 0 saturated carbocycles. The van der Waals surface area contributed by atoms with Crippen LogP contribution < -0.4 is 5.73 Å². The average molecular weight is 524 g/mol. The number of nitrogens with two attached hydrogens (primary N) is 1. The molecule has 0 saturated heterocycles. The third-order valence-corrected chi connectivity index (χ3v) is 7.36. The first-order valence-corrected chi connectivity index (χ1v) is 14.0. The molecule has 2 aliphatic carbocycles. The van der Waals surface area contributed by atoms with Crippen LogP contribution in [0.25, 0.3) is 0 Å². The molecule has 0 heterocycles. The lowest BCUT2D eigenvalue weighted by atomic mass is 9.90. The van der Waals surface area contributed by atoms with Crippen molar-refractivity contribution in [2.45, 2.75) is 25.7 Å². The van der Waals surface area contributed by atoms with Gasteiger partial charge in [-0.1, -0.05) is 71.9 Å². The van der Waals surface area contributed by atoms with Gasteiger partial charge in [-0.2, -0.15) is 0 Å². The number of benzene rings is 5. The first kappa shape index (κ1) is 25.8. The standard InChI is InChI=1S/C40H29N/c41-40-27-20-34(21-28-40)16-13-31-8-5-30(6-9-31)7-10-32-11-14-33(15-12-32)17-24-39-29-35-18-22-36-3-1-2-4-37(36)25-26-38(39)23-19-35/h1-6,8-9,11-12,14-15,19-21,23,27-29H,18,22,25-26,41H2. The van der Waals surface area contributed by atoms with Gasteiger partial charge < -0.3 is 5.73 Å². The smallest absolute Gasteiger partial charge is 0.0314 e. The number of aryl methyl sites for hydroxylation is 4. The van der Waals surface area contributed by atoms with Gasteiger partial charge in [-0.25, -0.2) is 0 Å². The van der Waals surface area contributed by atoms with Crippen LogP contribution in [0.3, 0.4) is 0 Å². The van der Waals surface area contributed by atoms with E-state index in [0.29, 0.717) is 0 Å². The van der Waals surface area contributed by atoms with E-state index in [1.165, 1.54) is 22.3 Å². The Hall–Kier alpha value is -5.42. The molecule has 0 amide bonds. The predicted molar refractivity (Wildman–Crippen MR) is 169 cm³/mol. The number of hydrogen-bond acceptors (Lipinski definition) is 1. The maximum atomic E-state index is 5.74. The maximum Gasteiger partial charge on any atom is 0.0314 e. The second kappa shape index (κ2) is 12.2. The fourth-order valence-corrected chi connectivity index (χ4v) is 4.98. The van der Waals surface area contributed by atoms with Crippen LogP contribution in [0, 0.1) is 35.5 Å². The fourth-order valence-electron chi connectivity index (χ4n) is 4.98. The Morgan fingerprint density at radius 3 is 1.32 bits per heavy atom. The Morgan fingerprint density at radius 2 is 0.805 bits per heavy atom. The Bertz CT molecular complexity index is 1870. The normalized spacial score (nSPS) is 11.5. The van der Waals surface area contributed by atoms with E-state index < -0.39 is 0 Å². The van der Waals surface area contributed by atoms with Crippen molar-refractivity contribution < 1.29 is 0 Å². The zero-order chi connectivity index (χ0) is 27.9. The highest BCUT2D eigenvalue weighted by molar-refractivity contribution is 5.52. The summed E-state index contributed by atoms with van der Waals surface area (Å²) in [5.74, 6) is 19.7. The van der Waals surface area contributed by atoms with Crippen LogP contribution in [0.2, 0.25) is 0 Å². The molecule has 1 heteroatoms. The Kier molecular flexibility index (Phi) is 7.68. The summed E-state index contributed by atoms with van der Waals surface area (Å²) in [6.07, 6.45) is 4.18. The van der Waals surface area contributed by atoms with Gasteiger partial charge in [0.2, 0.25) is 0 Å². The number of rotatable bonds is 0. The van der Waals surface area contributed by atoms with Crippen molar-refractivity contribution in [1.82, 2.24) is 0 Å². The molecule has 0 aromatic heterocycles. The third kappa shape index (κ3) is 6.78. The van der Waals surface area contributed by atoms with Crippen molar-refractivity contribution in [2.75, 3.05) is 5.73 Å². The van der Waals surface area contributed by atoms with Gasteiger partial charge in [0.1, 0.15) is 0 Å². The molecule has 5 aromatic rings. The molecule has 2 N–H and O–H groups in total. The summed E-state index contributed by atoms with van der Waals surface area (Å²) < 4.78 is 0. The van der Waals surface area contributed by atoms with Crippen LogP contribution in [0.5, 0.6) is 0 Å². The quantitative estimate of drug-likeness (QED) is 0.167. The highest BCUT2D eigenvalue weighted by Gasteiger charge is 2.09. The van der Waals surface area contributed by atoms with Crippen molar-refractivity contribution in [3.05, 3.63) is 171 Å². The number of anilines is 1. The highest BCUT2D eigenvalue weighted by Crippen LogP contribution is 2.21. The van der Waals surface area contributed by atoms with Crippen molar-refractivity contribution in [3.8, 4) is 35.5 Å². The molecular weight excluding hydrogens is 494 g/mol. The summed E-state index contributed by atoms with van der Waals surface area (Å²) in [6.45, 7) is 0. The van der Waals surface area contributed by atoms with Crippen LogP contribution in [-0.4, -0.2) is 0 Å². The van der Waals surface area contributed by atoms with Gasteiger partial charge in [-0.15, -0.1) is 0 Å². The second-order valence-electron chi connectivity index (χ2n) is 10.3. The van der Waals surface area contributed by atoms with Gasteiger partial charge in [-0.05, 0) is 127 Å². The highest BCUT2D eigenvalue weighted by atomic mass is 14.5. The summed E-state index contributed by atoms with van der Waals surface area (Å²) in [4.78, 5) is 0. The van der Waals surface area contributed by atoms with Gasteiger partial charge in [0.25, 0.3) is 0 Å². The van der Waals surface area contributed by atoms with E-state index in [0.717, 1.165) is 64.8 Å². The SMILES string of the molecule is Nc1ccc(C#Cc2ccc(C#Cc3ccc(C#Cc4cc5ccc4CCc4ccccc4CC5)cc3)cc2)cc1. The Morgan fingerprint density at radius 1 is 0.390 bits per heavy atom. The van der Waals surface area contributed by atoms with Gasteiger partial charge >= 0.3 is 0 Å². The summed E-state index contributed by atoms with van der Waals surface area (Å²) >= 11 is 0. The minimum atomic E-state index is 0.740.